The predicted molar refractivity (Wildman–Crippen MR) is 94.3 cm³/mol. The monoisotopic (exact) mass is 321 g/mol. The van der Waals surface area contributed by atoms with Crippen molar-refractivity contribution in [2.24, 2.45) is 0 Å². The maximum Gasteiger partial charge on any atom is 0.273 e. The van der Waals surface area contributed by atoms with E-state index in [9.17, 15) is 4.79 Å². The summed E-state index contributed by atoms with van der Waals surface area (Å²) in [4.78, 5) is 12.4. The number of aryl methyl sites for hydroxylation is 1. The number of ether oxygens (including phenoxy) is 1. The zero-order valence-corrected chi connectivity index (χ0v) is 13.7. The van der Waals surface area contributed by atoms with E-state index in [2.05, 4.69) is 15.5 Å². The predicted octanol–water partition coefficient (Wildman–Crippen LogP) is 4.04. The van der Waals surface area contributed by atoms with E-state index < -0.39 is 0 Å². The van der Waals surface area contributed by atoms with Gasteiger partial charge in [-0.25, -0.2) is 0 Å². The molecule has 24 heavy (non-hydrogen) atoms. The lowest BCUT2D eigenvalue weighted by Crippen LogP contribution is -2.13. The smallest absolute Gasteiger partial charge is 0.273 e. The van der Waals surface area contributed by atoms with E-state index in [4.69, 9.17) is 4.74 Å². The van der Waals surface area contributed by atoms with Crippen LogP contribution in [0.3, 0.4) is 0 Å². The van der Waals surface area contributed by atoms with Gasteiger partial charge < -0.3 is 10.1 Å². The van der Waals surface area contributed by atoms with Gasteiger partial charge in [0.25, 0.3) is 5.91 Å². The van der Waals surface area contributed by atoms with E-state index in [1.54, 1.807) is 12.1 Å². The van der Waals surface area contributed by atoms with E-state index in [1.165, 1.54) is 5.56 Å². The van der Waals surface area contributed by atoms with Gasteiger partial charge >= 0.3 is 0 Å². The quantitative estimate of drug-likeness (QED) is 0.745. The highest BCUT2D eigenvalue weighted by molar-refractivity contribution is 6.04. The summed E-state index contributed by atoms with van der Waals surface area (Å²) in [6, 6.07) is 17.1. The second kappa shape index (κ2) is 7.00. The molecule has 0 aliphatic rings. The third-order valence-electron chi connectivity index (χ3n) is 3.60. The van der Waals surface area contributed by atoms with Crippen LogP contribution in [0.5, 0.6) is 5.75 Å². The lowest BCUT2D eigenvalue weighted by Gasteiger charge is -2.10. The molecule has 0 fully saturated rings. The lowest BCUT2D eigenvalue weighted by molar-refractivity contribution is 0.102. The van der Waals surface area contributed by atoms with Crippen molar-refractivity contribution < 1.29 is 9.53 Å². The summed E-state index contributed by atoms with van der Waals surface area (Å²) in [5.74, 6) is 0.389. The lowest BCUT2D eigenvalue weighted by atomic mass is 10.1. The molecule has 2 aromatic carbocycles. The molecule has 0 unspecified atom stereocenters. The molecule has 0 spiro atoms. The minimum Gasteiger partial charge on any atom is -0.492 e. The Labute approximate surface area is 140 Å². The summed E-state index contributed by atoms with van der Waals surface area (Å²) in [7, 11) is 0. The van der Waals surface area contributed by atoms with Gasteiger partial charge in [-0.05, 0) is 32.0 Å². The Morgan fingerprint density at radius 1 is 1.17 bits per heavy atom. The summed E-state index contributed by atoms with van der Waals surface area (Å²) >= 11 is 0. The van der Waals surface area contributed by atoms with Crippen LogP contribution in [-0.2, 0) is 0 Å². The van der Waals surface area contributed by atoms with Gasteiger partial charge in [-0.3, -0.25) is 9.89 Å². The number of amides is 1. The van der Waals surface area contributed by atoms with Gasteiger partial charge in [0.15, 0.2) is 0 Å². The normalized spacial score (nSPS) is 10.4. The Hall–Kier alpha value is -3.08. The number of para-hydroxylation sites is 2. The molecule has 3 rings (SSSR count). The number of carbonyl (C=O) groups excluding carboxylic acids is 1. The fourth-order valence-corrected chi connectivity index (χ4v) is 2.35. The Morgan fingerprint density at radius 2 is 1.92 bits per heavy atom. The Bertz CT molecular complexity index is 838. The van der Waals surface area contributed by atoms with Crippen LogP contribution in [0.4, 0.5) is 5.69 Å². The molecule has 0 saturated heterocycles. The van der Waals surface area contributed by atoms with Crippen LogP contribution in [0.25, 0.3) is 11.3 Å². The van der Waals surface area contributed by atoms with Crippen LogP contribution in [0.15, 0.2) is 54.6 Å². The molecule has 2 N–H and O–H groups in total. The molecule has 1 amide bonds. The van der Waals surface area contributed by atoms with Gasteiger partial charge in [0.05, 0.1) is 18.0 Å². The maximum atomic E-state index is 12.4. The number of aromatic amines is 1. The van der Waals surface area contributed by atoms with Crippen molar-refractivity contribution in [3.05, 3.63) is 65.9 Å². The van der Waals surface area contributed by atoms with Crippen molar-refractivity contribution in [2.45, 2.75) is 13.8 Å². The highest BCUT2D eigenvalue weighted by Gasteiger charge is 2.13. The number of aromatic nitrogens is 2. The SMILES string of the molecule is CCOc1ccccc1NC(=O)c1cc(-c2ccc(C)cc2)n[nH]1. The molecule has 122 valence electrons. The number of hydrogen-bond donors (Lipinski definition) is 2. The van der Waals surface area contributed by atoms with Gasteiger partial charge in [-0.2, -0.15) is 5.10 Å². The molecular weight excluding hydrogens is 302 g/mol. The molecule has 5 nitrogen and oxygen atoms in total. The maximum absolute atomic E-state index is 12.4. The van der Waals surface area contributed by atoms with Crippen LogP contribution < -0.4 is 10.1 Å². The number of nitrogens with one attached hydrogen (secondary N) is 2. The molecule has 3 aromatic rings. The zero-order valence-electron chi connectivity index (χ0n) is 13.7. The van der Waals surface area contributed by atoms with Gasteiger partial charge in [0.2, 0.25) is 0 Å². The topological polar surface area (TPSA) is 67.0 Å². The fourth-order valence-electron chi connectivity index (χ4n) is 2.35. The Balaban J connectivity index is 1.78. The number of rotatable bonds is 5. The largest absolute Gasteiger partial charge is 0.492 e. The van der Waals surface area contributed by atoms with Crippen molar-refractivity contribution in [2.75, 3.05) is 11.9 Å². The molecule has 0 atom stereocenters. The fraction of sp³-hybridized carbons (Fsp3) is 0.158. The molecule has 0 aliphatic carbocycles. The van der Waals surface area contributed by atoms with Crippen molar-refractivity contribution in [1.82, 2.24) is 10.2 Å². The number of carbonyl (C=O) groups is 1. The first kappa shape index (κ1) is 15.8. The summed E-state index contributed by atoms with van der Waals surface area (Å²) in [6.07, 6.45) is 0. The molecule has 0 aliphatic heterocycles. The van der Waals surface area contributed by atoms with Crippen molar-refractivity contribution in [3.63, 3.8) is 0 Å². The van der Waals surface area contributed by atoms with Crippen molar-refractivity contribution in [1.29, 1.82) is 0 Å². The van der Waals surface area contributed by atoms with Gasteiger partial charge in [0.1, 0.15) is 11.4 Å². The molecular formula is C19H19N3O2. The van der Waals surface area contributed by atoms with E-state index in [0.29, 0.717) is 23.7 Å². The summed E-state index contributed by atoms with van der Waals surface area (Å²) in [5.41, 5.74) is 3.91. The molecule has 1 aromatic heterocycles. The number of H-pyrrole nitrogens is 1. The van der Waals surface area contributed by atoms with E-state index in [1.807, 2.05) is 56.3 Å². The van der Waals surface area contributed by atoms with Crippen LogP contribution in [0.2, 0.25) is 0 Å². The van der Waals surface area contributed by atoms with Crippen LogP contribution in [-0.4, -0.2) is 22.7 Å². The average molecular weight is 321 g/mol. The molecule has 0 bridgehead atoms. The Morgan fingerprint density at radius 3 is 2.67 bits per heavy atom. The average Bonchev–Trinajstić information content (AvgIpc) is 3.08. The first-order valence-electron chi connectivity index (χ1n) is 7.83. The van der Waals surface area contributed by atoms with Crippen molar-refractivity contribution >= 4 is 11.6 Å². The second-order valence-electron chi connectivity index (χ2n) is 5.42. The molecule has 0 radical (unpaired) electrons. The highest BCUT2D eigenvalue weighted by Crippen LogP contribution is 2.25. The molecule has 0 saturated carbocycles. The van der Waals surface area contributed by atoms with Gasteiger partial charge in [-0.15, -0.1) is 0 Å². The van der Waals surface area contributed by atoms with Crippen LogP contribution in [0, 0.1) is 6.92 Å². The number of benzene rings is 2. The minimum atomic E-state index is -0.256. The summed E-state index contributed by atoms with van der Waals surface area (Å²) in [6.45, 7) is 4.47. The van der Waals surface area contributed by atoms with Crippen LogP contribution >= 0.6 is 0 Å². The van der Waals surface area contributed by atoms with Crippen LogP contribution in [0.1, 0.15) is 23.0 Å². The summed E-state index contributed by atoms with van der Waals surface area (Å²) in [5, 5.41) is 9.86. The van der Waals surface area contributed by atoms with E-state index >= 15 is 0 Å². The van der Waals surface area contributed by atoms with Gasteiger partial charge in [-0.1, -0.05) is 42.0 Å². The molecule has 5 heteroatoms. The number of hydrogen-bond acceptors (Lipinski definition) is 3. The number of anilines is 1. The standard InChI is InChI=1S/C19H19N3O2/c1-3-24-18-7-5-4-6-15(18)20-19(23)17-12-16(21-22-17)14-10-8-13(2)9-11-14/h4-12H,3H2,1-2H3,(H,20,23)(H,21,22). The minimum absolute atomic E-state index is 0.256. The van der Waals surface area contributed by atoms with E-state index in [0.717, 1.165) is 11.3 Å². The van der Waals surface area contributed by atoms with Gasteiger partial charge in [0, 0.05) is 5.56 Å². The second-order valence-corrected chi connectivity index (χ2v) is 5.42. The first-order chi connectivity index (χ1) is 11.7. The highest BCUT2D eigenvalue weighted by atomic mass is 16.5. The Kier molecular flexibility index (Phi) is 4.61. The zero-order chi connectivity index (χ0) is 16.9. The third-order valence-corrected chi connectivity index (χ3v) is 3.60. The third kappa shape index (κ3) is 3.46. The number of nitrogens with zero attached hydrogens (tertiary/aromatic N) is 1. The van der Waals surface area contributed by atoms with E-state index in [-0.39, 0.29) is 5.91 Å². The first-order valence-corrected chi connectivity index (χ1v) is 7.83. The van der Waals surface area contributed by atoms with Crippen molar-refractivity contribution in [3.8, 4) is 17.0 Å². The molecule has 1 heterocycles. The summed E-state index contributed by atoms with van der Waals surface area (Å²) < 4.78 is 5.52.